The van der Waals surface area contributed by atoms with Crippen molar-refractivity contribution >= 4 is 41.4 Å². The van der Waals surface area contributed by atoms with Crippen LogP contribution in [-0.4, -0.2) is 41.4 Å². The fraction of sp³-hybridized carbons (Fsp3) is 0.467. The Labute approximate surface area is 142 Å². The molecule has 1 N–H and O–H groups in total. The van der Waals surface area contributed by atoms with E-state index in [-0.39, 0.29) is 35.5 Å². The summed E-state index contributed by atoms with van der Waals surface area (Å²) in [5.41, 5.74) is 2.63. The predicted octanol–water partition coefficient (Wildman–Crippen LogP) is 2.59. The Balaban J connectivity index is 0.00000361. The van der Waals surface area contributed by atoms with Crippen molar-refractivity contribution in [2.24, 2.45) is 0 Å². The van der Waals surface area contributed by atoms with Crippen LogP contribution in [0.25, 0.3) is 0 Å². The van der Waals surface area contributed by atoms with Gasteiger partial charge in [-0.2, -0.15) is 5.48 Å². The number of benzene rings is 1. The van der Waals surface area contributed by atoms with Crippen molar-refractivity contribution in [1.82, 2.24) is 5.48 Å². The second-order valence-corrected chi connectivity index (χ2v) is 4.44. The van der Waals surface area contributed by atoms with Crippen molar-refractivity contribution in [1.29, 1.82) is 0 Å². The minimum absolute atomic E-state index is 0. The van der Waals surface area contributed by atoms with Gasteiger partial charge in [-0.25, -0.2) is 4.79 Å². The van der Waals surface area contributed by atoms with Crippen molar-refractivity contribution in [2.75, 3.05) is 0 Å². The number of amides is 1. The van der Waals surface area contributed by atoms with E-state index in [2.05, 4.69) is 12.4 Å². The summed E-state index contributed by atoms with van der Waals surface area (Å²) in [5.74, 6) is -0.791. The van der Waals surface area contributed by atoms with Crippen molar-refractivity contribution in [2.45, 2.75) is 45.4 Å². The molecule has 0 atom stereocenters. The van der Waals surface area contributed by atoms with E-state index >= 15 is 0 Å². The third-order valence-electron chi connectivity index (χ3n) is 2.78. The predicted molar refractivity (Wildman–Crippen MR) is 80.5 cm³/mol. The summed E-state index contributed by atoms with van der Waals surface area (Å²) < 4.78 is 0. The molecule has 0 saturated heterocycles. The number of hydrogen-bond donors (Lipinski definition) is 1. The van der Waals surface area contributed by atoms with Crippen LogP contribution in [0.2, 0.25) is 0 Å². The van der Waals surface area contributed by atoms with E-state index in [0.29, 0.717) is 12.0 Å². The molecule has 0 aromatic heterocycles. The molecule has 0 bridgehead atoms. The molecule has 106 valence electrons. The molecular formula is C15H22NNaO3. The molecule has 0 aliphatic heterocycles. The second kappa shape index (κ2) is 11.9. The van der Waals surface area contributed by atoms with E-state index in [0.717, 1.165) is 19.3 Å². The Morgan fingerprint density at radius 3 is 2.35 bits per heavy atom. The Bertz CT molecular complexity index is 395. The topological polar surface area (TPSA) is 55.4 Å². The summed E-state index contributed by atoms with van der Waals surface area (Å²) in [4.78, 5) is 27.7. The van der Waals surface area contributed by atoms with Gasteiger partial charge in [0, 0.05) is 12.0 Å². The average molecular weight is 287 g/mol. The van der Waals surface area contributed by atoms with Crippen LogP contribution in [0, 0.1) is 0 Å². The van der Waals surface area contributed by atoms with Gasteiger partial charge >= 0.3 is 35.5 Å². The summed E-state index contributed by atoms with van der Waals surface area (Å²) in [6.07, 6.45) is 5.69. The Hall–Kier alpha value is -0.840. The van der Waals surface area contributed by atoms with Crippen LogP contribution in [-0.2, 0) is 9.63 Å². The molecule has 1 aromatic rings. The van der Waals surface area contributed by atoms with Gasteiger partial charge < -0.3 is 4.84 Å². The summed E-state index contributed by atoms with van der Waals surface area (Å²) >= 11 is 0. The van der Waals surface area contributed by atoms with E-state index in [4.69, 9.17) is 4.84 Å². The van der Waals surface area contributed by atoms with E-state index in [1.54, 1.807) is 24.3 Å². The molecule has 20 heavy (non-hydrogen) atoms. The van der Waals surface area contributed by atoms with E-state index in [9.17, 15) is 9.59 Å². The van der Waals surface area contributed by atoms with Gasteiger partial charge in [0.2, 0.25) is 0 Å². The van der Waals surface area contributed by atoms with Crippen LogP contribution in [0.5, 0.6) is 0 Å². The number of hydrogen-bond acceptors (Lipinski definition) is 3. The molecule has 0 aliphatic rings. The van der Waals surface area contributed by atoms with Crippen molar-refractivity contribution in [3.05, 3.63) is 35.9 Å². The van der Waals surface area contributed by atoms with Crippen LogP contribution in [0.4, 0.5) is 0 Å². The molecule has 0 radical (unpaired) electrons. The van der Waals surface area contributed by atoms with E-state index < -0.39 is 5.91 Å². The van der Waals surface area contributed by atoms with E-state index in [1.807, 2.05) is 6.07 Å². The summed E-state index contributed by atoms with van der Waals surface area (Å²) in [6.45, 7) is 2.15. The molecular weight excluding hydrogens is 265 g/mol. The molecule has 0 unspecified atom stereocenters. The molecule has 0 aliphatic carbocycles. The zero-order valence-electron chi connectivity index (χ0n) is 11.4. The fourth-order valence-electron chi connectivity index (χ4n) is 1.68. The zero-order valence-corrected chi connectivity index (χ0v) is 11.4. The molecule has 1 rings (SSSR count). The SMILES string of the molecule is CCCCCCCC(=O)ONC(=O)c1ccccc1.[NaH]. The number of carbonyl (C=O) groups is 2. The summed E-state index contributed by atoms with van der Waals surface area (Å²) in [6, 6.07) is 8.65. The first-order valence-electron chi connectivity index (χ1n) is 6.79. The van der Waals surface area contributed by atoms with E-state index in [1.165, 1.54) is 12.8 Å². The number of unbranched alkanes of at least 4 members (excludes halogenated alkanes) is 4. The van der Waals surface area contributed by atoms with Crippen LogP contribution >= 0.6 is 0 Å². The molecule has 5 heteroatoms. The van der Waals surface area contributed by atoms with Gasteiger partial charge in [0.05, 0.1) is 0 Å². The maximum absolute atomic E-state index is 11.6. The maximum atomic E-state index is 11.6. The molecule has 4 nitrogen and oxygen atoms in total. The van der Waals surface area contributed by atoms with Crippen molar-refractivity contribution in [3.8, 4) is 0 Å². The number of carbonyl (C=O) groups excluding carboxylic acids is 2. The molecule has 0 spiro atoms. The van der Waals surface area contributed by atoms with Crippen molar-refractivity contribution < 1.29 is 14.4 Å². The molecule has 0 fully saturated rings. The van der Waals surface area contributed by atoms with Gasteiger partial charge in [-0.05, 0) is 18.6 Å². The summed E-state index contributed by atoms with van der Waals surface area (Å²) in [5, 5.41) is 0. The normalized spacial score (nSPS) is 9.45. The van der Waals surface area contributed by atoms with Crippen LogP contribution in [0.15, 0.2) is 30.3 Å². The van der Waals surface area contributed by atoms with Gasteiger partial charge in [0.25, 0.3) is 5.91 Å². The minimum atomic E-state index is -0.403. The summed E-state index contributed by atoms with van der Waals surface area (Å²) in [7, 11) is 0. The van der Waals surface area contributed by atoms with Gasteiger partial charge in [0.1, 0.15) is 0 Å². The molecule has 0 saturated carbocycles. The van der Waals surface area contributed by atoms with Gasteiger partial charge in [-0.15, -0.1) is 0 Å². The third kappa shape index (κ3) is 8.35. The number of nitrogens with one attached hydrogen (secondary N) is 1. The van der Waals surface area contributed by atoms with Crippen LogP contribution < -0.4 is 5.48 Å². The third-order valence-corrected chi connectivity index (χ3v) is 2.78. The standard InChI is InChI=1S/C15H21NO3.Na.H/c1-2-3-4-5-9-12-14(17)19-16-15(18)13-10-7-6-8-11-13;;/h6-8,10-11H,2-5,9,12H2,1H3,(H,16,18);;. The first kappa shape index (κ1) is 19.2. The first-order chi connectivity index (χ1) is 9.24. The Kier molecular flexibility index (Phi) is 11.4. The molecule has 1 aromatic carbocycles. The van der Waals surface area contributed by atoms with Crippen LogP contribution in [0.1, 0.15) is 55.8 Å². The van der Waals surface area contributed by atoms with Crippen molar-refractivity contribution in [3.63, 3.8) is 0 Å². The monoisotopic (exact) mass is 287 g/mol. The van der Waals surface area contributed by atoms with Gasteiger partial charge in [-0.3, -0.25) is 4.79 Å². The molecule has 0 heterocycles. The Morgan fingerprint density at radius 2 is 1.70 bits per heavy atom. The molecule has 1 amide bonds. The van der Waals surface area contributed by atoms with Gasteiger partial charge in [0.15, 0.2) is 0 Å². The number of hydroxylamine groups is 1. The second-order valence-electron chi connectivity index (χ2n) is 4.44. The Morgan fingerprint density at radius 1 is 1.05 bits per heavy atom. The van der Waals surface area contributed by atoms with Crippen LogP contribution in [0.3, 0.4) is 0 Å². The van der Waals surface area contributed by atoms with Gasteiger partial charge in [-0.1, -0.05) is 50.8 Å². The average Bonchev–Trinajstić information content (AvgIpc) is 2.45. The number of rotatable bonds is 7. The first-order valence-corrected chi connectivity index (χ1v) is 6.79. The quantitative estimate of drug-likeness (QED) is 0.476. The zero-order chi connectivity index (χ0) is 13.9. The fourth-order valence-corrected chi connectivity index (χ4v) is 1.68.